The molecule has 2 aromatic rings. The Bertz CT molecular complexity index is 559. The molecule has 1 amide bonds. The van der Waals surface area contributed by atoms with Gasteiger partial charge in [0.05, 0.1) is 17.1 Å². The number of ether oxygens (including phenoxy) is 1. The van der Waals surface area contributed by atoms with Crippen LogP contribution in [0.4, 0.5) is 5.69 Å². The number of aromatic amines is 1. The Morgan fingerprint density at radius 3 is 2.63 bits per heavy atom. The molecule has 1 aromatic carbocycles. The van der Waals surface area contributed by atoms with Crippen LogP contribution in [0.5, 0.6) is 5.75 Å². The second-order valence-electron chi connectivity index (χ2n) is 4.10. The van der Waals surface area contributed by atoms with E-state index in [1.807, 2.05) is 26.0 Å². The lowest BCUT2D eigenvalue weighted by Crippen LogP contribution is -2.20. The summed E-state index contributed by atoms with van der Waals surface area (Å²) < 4.78 is 6.35. The Morgan fingerprint density at radius 2 is 2.05 bits per heavy atom. The zero-order valence-corrected chi connectivity index (χ0v) is 12.2. The Morgan fingerprint density at radius 1 is 1.37 bits per heavy atom. The van der Waals surface area contributed by atoms with Crippen LogP contribution < -0.4 is 10.1 Å². The number of amides is 1. The summed E-state index contributed by atoms with van der Waals surface area (Å²) in [6, 6.07) is 7.31. The van der Waals surface area contributed by atoms with Gasteiger partial charge in [0.2, 0.25) is 0 Å². The van der Waals surface area contributed by atoms with E-state index in [0.29, 0.717) is 11.4 Å². The minimum atomic E-state index is -0.212. The fourth-order valence-corrected chi connectivity index (χ4v) is 1.85. The molecule has 0 aliphatic carbocycles. The predicted octanol–water partition coefficient (Wildman–Crippen LogP) is 2.81. The summed E-state index contributed by atoms with van der Waals surface area (Å²) in [6.07, 6.45) is 0. The summed E-state index contributed by atoms with van der Waals surface area (Å²) in [4.78, 5) is 11.8. The molecule has 6 heteroatoms. The van der Waals surface area contributed by atoms with E-state index in [9.17, 15) is 4.79 Å². The molecule has 0 unspecified atom stereocenters. The van der Waals surface area contributed by atoms with Crippen LogP contribution >= 0.6 is 15.9 Å². The number of nitrogens with one attached hydrogen (secondary N) is 2. The predicted molar refractivity (Wildman–Crippen MR) is 76.3 cm³/mol. The molecule has 19 heavy (non-hydrogen) atoms. The highest BCUT2D eigenvalue weighted by Gasteiger charge is 2.10. The first-order valence-corrected chi connectivity index (χ1v) is 6.55. The Hall–Kier alpha value is -1.82. The number of benzene rings is 1. The van der Waals surface area contributed by atoms with Crippen molar-refractivity contribution in [1.29, 1.82) is 0 Å². The van der Waals surface area contributed by atoms with Gasteiger partial charge in [-0.05, 0) is 38.1 Å². The normalized spacial score (nSPS) is 10.3. The Kier molecular flexibility index (Phi) is 4.21. The molecule has 2 N–H and O–H groups in total. The highest BCUT2D eigenvalue weighted by Crippen LogP contribution is 2.17. The number of halogens is 1. The molecule has 100 valence electrons. The number of aryl methyl sites for hydroxylation is 2. The first kappa shape index (κ1) is 13.6. The second kappa shape index (κ2) is 5.88. The average Bonchev–Trinajstić information content (AvgIpc) is 2.70. The van der Waals surface area contributed by atoms with Gasteiger partial charge < -0.3 is 10.1 Å². The minimum Gasteiger partial charge on any atom is -0.484 e. The van der Waals surface area contributed by atoms with E-state index in [1.54, 1.807) is 12.1 Å². The molecule has 0 atom stereocenters. The number of carbonyl (C=O) groups excluding carboxylic acids is 1. The number of hydrogen-bond acceptors (Lipinski definition) is 3. The summed E-state index contributed by atoms with van der Waals surface area (Å²) in [7, 11) is 0. The van der Waals surface area contributed by atoms with Crippen LogP contribution in [0.1, 0.15) is 11.4 Å². The van der Waals surface area contributed by atoms with Crippen LogP contribution in [0.15, 0.2) is 28.7 Å². The highest BCUT2D eigenvalue weighted by molar-refractivity contribution is 9.10. The van der Waals surface area contributed by atoms with Crippen molar-refractivity contribution in [1.82, 2.24) is 10.2 Å². The van der Waals surface area contributed by atoms with Gasteiger partial charge in [-0.25, -0.2) is 0 Å². The zero-order valence-electron chi connectivity index (χ0n) is 10.7. The van der Waals surface area contributed by atoms with Crippen LogP contribution in [-0.2, 0) is 4.79 Å². The van der Waals surface area contributed by atoms with Gasteiger partial charge in [0, 0.05) is 4.47 Å². The topological polar surface area (TPSA) is 67.0 Å². The highest BCUT2D eigenvalue weighted by atomic mass is 79.9. The monoisotopic (exact) mass is 323 g/mol. The molecule has 2 rings (SSSR count). The Balaban J connectivity index is 1.90. The largest absolute Gasteiger partial charge is 0.484 e. The molecule has 1 aromatic heterocycles. The fraction of sp³-hybridized carbons (Fsp3) is 0.231. The van der Waals surface area contributed by atoms with E-state index in [2.05, 4.69) is 31.4 Å². The van der Waals surface area contributed by atoms with Crippen molar-refractivity contribution in [2.24, 2.45) is 0 Å². The van der Waals surface area contributed by atoms with Crippen molar-refractivity contribution in [2.45, 2.75) is 13.8 Å². The first-order chi connectivity index (χ1) is 9.06. The molecule has 0 radical (unpaired) electrons. The van der Waals surface area contributed by atoms with Gasteiger partial charge in [0.1, 0.15) is 5.75 Å². The summed E-state index contributed by atoms with van der Waals surface area (Å²) in [5, 5.41) is 9.60. The second-order valence-corrected chi connectivity index (χ2v) is 5.02. The van der Waals surface area contributed by atoms with Gasteiger partial charge in [-0.1, -0.05) is 15.9 Å². The molecule has 0 bridgehead atoms. The third-order valence-electron chi connectivity index (χ3n) is 2.58. The maximum atomic E-state index is 11.8. The average molecular weight is 324 g/mol. The zero-order chi connectivity index (χ0) is 13.8. The number of nitrogens with zero attached hydrogens (tertiary/aromatic N) is 1. The van der Waals surface area contributed by atoms with Gasteiger partial charge in [-0.15, -0.1) is 0 Å². The van der Waals surface area contributed by atoms with E-state index in [-0.39, 0.29) is 12.5 Å². The molecular weight excluding hydrogens is 310 g/mol. The maximum Gasteiger partial charge on any atom is 0.262 e. The van der Waals surface area contributed by atoms with Gasteiger partial charge in [0.25, 0.3) is 5.91 Å². The van der Waals surface area contributed by atoms with Crippen LogP contribution in [-0.4, -0.2) is 22.7 Å². The third-order valence-corrected chi connectivity index (χ3v) is 3.10. The molecule has 0 fully saturated rings. The van der Waals surface area contributed by atoms with Gasteiger partial charge in [0.15, 0.2) is 6.61 Å². The lowest BCUT2D eigenvalue weighted by atomic mass is 10.3. The van der Waals surface area contributed by atoms with Gasteiger partial charge in [-0.2, -0.15) is 5.10 Å². The van der Waals surface area contributed by atoms with Crippen molar-refractivity contribution >= 4 is 27.5 Å². The third kappa shape index (κ3) is 3.57. The smallest absolute Gasteiger partial charge is 0.262 e. The van der Waals surface area contributed by atoms with E-state index >= 15 is 0 Å². The van der Waals surface area contributed by atoms with Crippen molar-refractivity contribution in [2.75, 3.05) is 11.9 Å². The van der Waals surface area contributed by atoms with Gasteiger partial charge >= 0.3 is 0 Å². The quantitative estimate of drug-likeness (QED) is 0.909. The van der Waals surface area contributed by atoms with E-state index in [4.69, 9.17) is 4.74 Å². The van der Waals surface area contributed by atoms with E-state index in [0.717, 1.165) is 15.9 Å². The number of carbonyl (C=O) groups is 1. The summed E-state index contributed by atoms with van der Waals surface area (Å²) in [5.41, 5.74) is 2.30. The molecule has 1 heterocycles. The minimum absolute atomic E-state index is 0.0360. The standard InChI is InChI=1S/C13H14BrN3O2/c1-8-13(9(2)17-16-8)15-12(18)7-19-11-5-3-10(14)4-6-11/h3-6H,7H2,1-2H3,(H,15,18)(H,16,17). The van der Waals surface area contributed by atoms with Crippen molar-refractivity contribution in [3.8, 4) is 5.75 Å². The number of rotatable bonds is 4. The molecule has 0 saturated carbocycles. The molecule has 0 aliphatic heterocycles. The lowest BCUT2D eigenvalue weighted by Gasteiger charge is -2.07. The van der Waals surface area contributed by atoms with Crippen LogP contribution in [0.2, 0.25) is 0 Å². The maximum absolute atomic E-state index is 11.8. The summed E-state index contributed by atoms with van der Waals surface area (Å²) in [6.45, 7) is 3.64. The van der Waals surface area contributed by atoms with Crippen LogP contribution in [0, 0.1) is 13.8 Å². The van der Waals surface area contributed by atoms with E-state index in [1.165, 1.54) is 0 Å². The summed E-state index contributed by atoms with van der Waals surface area (Å²) in [5.74, 6) is 0.439. The first-order valence-electron chi connectivity index (χ1n) is 5.76. The molecule has 5 nitrogen and oxygen atoms in total. The SMILES string of the molecule is Cc1n[nH]c(C)c1NC(=O)COc1ccc(Br)cc1. The molecule has 0 spiro atoms. The summed E-state index contributed by atoms with van der Waals surface area (Å²) >= 11 is 3.34. The molecule has 0 aliphatic rings. The lowest BCUT2D eigenvalue weighted by molar-refractivity contribution is -0.118. The molecular formula is C13H14BrN3O2. The van der Waals surface area contributed by atoms with Crippen molar-refractivity contribution in [3.63, 3.8) is 0 Å². The van der Waals surface area contributed by atoms with Crippen molar-refractivity contribution < 1.29 is 9.53 Å². The van der Waals surface area contributed by atoms with Gasteiger partial charge in [-0.3, -0.25) is 9.89 Å². The van der Waals surface area contributed by atoms with E-state index < -0.39 is 0 Å². The fourth-order valence-electron chi connectivity index (χ4n) is 1.59. The van der Waals surface area contributed by atoms with Crippen LogP contribution in [0.25, 0.3) is 0 Å². The Labute approximate surface area is 119 Å². The number of anilines is 1. The number of H-pyrrole nitrogens is 1. The van der Waals surface area contributed by atoms with Crippen molar-refractivity contribution in [3.05, 3.63) is 40.1 Å². The van der Waals surface area contributed by atoms with Crippen LogP contribution in [0.3, 0.4) is 0 Å². The molecule has 0 saturated heterocycles. The number of aromatic nitrogens is 2. The number of hydrogen-bond donors (Lipinski definition) is 2.